The maximum absolute atomic E-state index is 2.40. The summed E-state index contributed by atoms with van der Waals surface area (Å²) in [6, 6.07) is 64.0. The molecule has 0 atom stereocenters. The van der Waals surface area contributed by atoms with Gasteiger partial charge in [0.15, 0.2) is 0 Å². The average Bonchev–Trinajstić information content (AvgIpc) is 3.45. The summed E-state index contributed by atoms with van der Waals surface area (Å²) in [6.45, 7) is 0. The molecule has 9 rings (SSSR count). The van der Waals surface area contributed by atoms with Crippen molar-refractivity contribution in [1.29, 1.82) is 0 Å². The highest BCUT2D eigenvalue weighted by Gasteiger charge is 2.14. The van der Waals surface area contributed by atoms with Gasteiger partial charge in [0.1, 0.15) is 0 Å². The van der Waals surface area contributed by atoms with E-state index in [2.05, 4.69) is 180 Å². The van der Waals surface area contributed by atoms with E-state index in [0.717, 1.165) is 0 Å². The van der Waals surface area contributed by atoms with Gasteiger partial charge in [-0.25, -0.2) is 0 Å². The van der Waals surface area contributed by atoms with Crippen molar-refractivity contribution in [2.45, 2.75) is 0 Å². The summed E-state index contributed by atoms with van der Waals surface area (Å²) in [5.41, 5.74) is 10.9. The number of hydrogen-bond acceptors (Lipinski definition) is 0. The molecular weight excluding hydrogens is 542 g/mol. The normalized spacial score (nSPS) is 11.6. The molecule has 0 bridgehead atoms. The molecule has 0 amide bonds. The van der Waals surface area contributed by atoms with Crippen LogP contribution in [-0.2, 0) is 0 Å². The molecule has 1 aromatic heterocycles. The van der Waals surface area contributed by atoms with Crippen molar-refractivity contribution < 1.29 is 0 Å². The Bertz CT molecular complexity index is 2520. The zero-order valence-corrected chi connectivity index (χ0v) is 24.7. The summed E-state index contributed by atoms with van der Waals surface area (Å²) in [7, 11) is 0. The lowest BCUT2D eigenvalue weighted by Crippen LogP contribution is -1.94. The predicted molar refractivity (Wildman–Crippen MR) is 192 cm³/mol. The van der Waals surface area contributed by atoms with Gasteiger partial charge in [-0.1, -0.05) is 140 Å². The molecule has 1 heteroatoms. The van der Waals surface area contributed by atoms with Crippen molar-refractivity contribution in [3.05, 3.63) is 176 Å². The number of rotatable bonds is 4. The summed E-state index contributed by atoms with van der Waals surface area (Å²) in [4.78, 5) is 0. The van der Waals surface area contributed by atoms with Crippen molar-refractivity contribution in [3.63, 3.8) is 0 Å². The Morgan fingerprint density at radius 3 is 1.67 bits per heavy atom. The third-order valence-corrected chi connectivity index (χ3v) is 9.18. The molecule has 1 nitrogen and oxygen atoms in total. The van der Waals surface area contributed by atoms with Gasteiger partial charge < -0.3 is 4.57 Å². The van der Waals surface area contributed by atoms with Crippen LogP contribution in [0.4, 0.5) is 0 Å². The third kappa shape index (κ3) is 4.32. The second-order valence-electron chi connectivity index (χ2n) is 11.8. The van der Waals surface area contributed by atoms with Crippen molar-refractivity contribution in [2.24, 2.45) is 0 Å². The van der Waals surface area contributed by atoms with Gasteiger partial charge >= 0.3 is 0 Å². The van der Waals surface area contributed by atoms with E-state index in [1.54, 1.807) is 0 Å². The van der Waals surface area contributed by atoms with E-state index in [4.69, 9.17) is 0 Å². The van der Waals surface area contributed by atoms with E-state index in [1.807, 2.05) is 0 Å². The summed E-state index contributed by atoms with van der Waals surface area (Å²) in [5, 5.41) is 7.68. The van der Waals surface area contributed by atoms with Gasteiger partial charge in [-0.15, -0.1) is 0 Å². The van der Waals surface area contributed by atoms with Gasteiger partial charge in [0.05, 0.1) is 11.0 Å². The number of nitrogens with zero attached hydrogens (tertiary/aromatic N) is 1. The second kappa shape index (κ2) is 10.4. The summed E-state index contributed by atoms with van der Waals surface area (Å²) >= 11 is 0. The van der Waals surface area contributed by atoms with Crippen molar-refractivity contribution >= 4 is 43.4 Å². The number of fused-ring (bicyclic) bond motifs is 6. The van der Waals surface area contributed by atoms with E-state index in [9.17, 15) is 0 Å². The topological polar surface area (TPSA) is 4.93 Å². The monoisotopic (exact) mass is 571 g/mol. The minimum absolute atomic E-state index is 1.17. The molecule has 8 aromatic carbocycles. The maximum atomic E-state index is 2.40. The summed E-state index contributed by atoms with van der Waals surface area (Å²) < 4.78 is 2.40. The lowest BCUT2D eigenvalue weighted by atomic mass is 9.96. The Labute approximate surface area is 262 Å². The van der Waals surface area contributed by atoms with Crippen LogP contribution in [0.25, 0.3) is 82.4 Å². The summed E-state index contributed by atoms with van der Waals surface area (Å²) in [5.74, 6) is 0. The van der Waals surface area contributed by atoms with Crippen LogP contribution in [0.5, 0.6) is 0 Å². The maximum Gasteiger partial charge on any atom is 0.0541 e. The molecular formula is C44H29N. The fourth-order valence-electron chi connectivity index (χ4n) is 6.93. The molecule has 9 aromatic rings. The minimum Gasteiger partial charge on any atom is -0.309 e. The fraction of sp³-hybridized carbons (Fsp3) is 0. The van der Waals surface area contributed by atoms with Gasteiger partial charge in [0.25, 0.3) is 0 Å². The Morgan fingerprint density at radius 1 is 0.267 bits per heavy atom. The molecule has 0 unspecified atom stereocenters. The second-order valence-corrected chi connectivity index (χ2v) is 11.8. The van der Waals surface area contributed by atoms with Gasteiger partial charge in [-0.3, -0.25) is 0 Å². The van der Waals surface area contributed by atoms with Crippen LogP contribution in [-0.4, -0.2) is 4.57 Å². The molecule has 1 heterocycles. The zero-order valence-electron chi connectivity index (χ0n) is 24.7. The van der Waals surface area contributed by atoms with Gasteiger partial charge in [-0.2, -0.15) is 0 Å². The molecule has 0 N–H and O–H groups in total. The Balaban J connectivity index is 1.10. The Kier molecular flexibility index (Phi) is 5.89. The van der Waals surface area contributed by atoms with E-state index < -0.39 is 0 Å². The van der Waals surface area contributed by atoms with Crippen LogP contribution in [0, 0.1) is 0 Å². The van der Waals surface area contributed by atoms with Crippen LogP contribution in [0.1, 0.15) is 0 Å². The quantitative estimate of drug-likeness (QED) is 0.185. The standard InChI is InChI=1S/C44H29N/c1-2-9-30(10-3-1)34-12-8-13-38(28-34)45-43-16-7-6-15-41(43)42-29-36(24-26-44(42)45)32-19-17-31(18-20-32)35-23-25-40-37(27-35)22-21-33-11-4-5-14-39(33)40/h1-29H. The third-order valence-electron chi connectivity index (χ3n) is 9.18. The van der Waals surface area contributed by atoms with Gasteiger partial charge in [-0.05, 0) is 91.3 Å². The molecule has 0 spiro atoms. The first-order valence-electron chi connectivity index (χ1n) is 15.5. The lowest BCUT2D eigenvalue weighted by Gasteiger charge is -2.11. The van der Waals surface area contributed by atoms with Crippen molar-refractivity contribution in [1.82, 2.24) is 4.57 Å². The van der Waals surface area contributed by atoms with Crippen LogP contribution in [0.15, 0.2) is 176 Å². The number of aromatic nitrogens is 1. The highest BCUT2D eigenvalue weighted by Crippen LogP contribution is 2.37. The first-order valence-corrected chi connectivity index (χ1v) is 15.5. The van der Waals surface area contributed by atoms with Crippen LogP contribution >= 0.6 is 0 Å². The molecule has 0 radical (unpaired) electrons. The Hall–Kier alpha value is -5.92. The molecule has 0 aliphatic rings. The molecule has 210 valence electrons. The number of benzene rings is 8. The van der Waals surface area contributed by atoms with Crippen LogP contribution in [0.2, 0.25) is 0 Å². The molecule has 0 saturated carbocycles. The highest BCUT2D eigenvalue weighted by atomic mass is 15.0. The predicted octanol–water partition coefficient (Wildman–Crippen LogP) is 12.1. The highest BCUT2D eigenvalue weighted by molar-refractivity contribution is 6.11. The number of para-hydroxylation sites is 1. The first kappa shape index (κ1) is 25.6. The van der Waals surface area contributed by atoms with Crippen molar-refractivity contribution in [2.75, 3.05) is 0 Å². The van der Waals surface area contributed by atoms with Crippen molar-refractivity contribution in [3.8, 4) is 39.1 Å². The summed E-state index contributed by atoms with van der Waals surface area (Å²) in [6.07, 6.45) is 0. The number of hydrogen-bond donors (Lipinski definition) is 0. The van der Waals surface area contributed by atoms with E-state index in [1.165, 1.54) is 82.4 Å². The molecule has 0 saturated heterocycles. The van der Waals surface area contributed by atoms with Crippen LogP contribution in [0.3, 0.4) is 0 Å². The first-order chi connectivity index (χ1) is 22.3. The molecule has 45 heavy (non-hydrogen) atoms. The van der Waals surface area contributed by atoms with E-state index >= 15 is 0 Å². The Morgan fingerprint density at radius 2 is 0.822 bits per heavy atom. The smallest absolute Gasteiger partial charge is 0.0541 e. The lowest BCUT2D eigenvalue weighted by molar-refractivity contribution is 1.18. The minimum atomic E-state index is 1.17. The fourth-order valence-corrected chi connectivity index (χ4v) is 6.93. The average molecular weight is 572 g/mol. The van der Waals surface area contributed by atoms with Crippen LogP contribution < -0.4 is 0 Å². The molecule has 0 fully saturated rings. The van der Waals surface area contributed by atoms with E-state index in [0.29, 0.717) is 0 Å². The largest absolute Gasteiger partial charge is 0.309 e. The zero-order chi connectivity index (χ0) is 29.7. The molecule has 0 aliphatic carbocycles. The van der Waals surface area contributed by atoms with E-state index in [-0.39, 0.29) is 0 Å². The van der Waals surface area contributed by atoms with Gasteiger partial charge in [0, 0.05) is 16.5 Å². The molecule has 0 aliphatic heterocycles. The van der Waals surface area contributed by atoms with Gasteiger partial charge in [0.2, 0.25) is 0 Å². The SMILES string of the molecule is c1ccc(-c2cccc(-n3c4ccccc4c4cc(-c5ccc(-c6ccc7c(ccc8ccccc87)c6)cc5)ccc43)c2)cc1.